The fourth-order valence-electron chi connectivity index (χ4n) is 2.92. The largest absolute Gasteiger partial charge is 0.508 e. The van der Waals surface area contributed by atoms with Crippen molar-refractivity contribution in [3.05, 3.63) is 101 Å². The van der Waals surface area contributed by atoms with Gasteiger partial charge in [0.05, 0.1) is 5.69 Å². The summed E-state index contributed by atoms with van der Waals surface area (Å²) in [7, 11) is 0. The molecule has 0 bridgehead atoms. The molecule has 0 radical (unpaired) electrons. The molecule has 4 nitrogen and oxygen atoms in total. The molecule has 0 fully saturated rings. The Kier molecular flexibility index (Phi) is 5.35. The fraction of sp³-hybridized carbons (Fsp3) is 0.0435. The first-order valence-electron chi connectivity index (χ1n) is 8.98. The lowest BCUT2D eigenvalue weighted by atomic mass is 10.1. The van der Waals surface area contributed by atoms with Gasteiger partial charge in [0, 0.05) is 22.4 Å². The quantitative estimate of drug-likeness (QED) is 0.462. The minimum Gasteiger partial charge on any atom is -0.508 e. The smallest absolute Gasteiger partial charge is 0.257 e. The van der Waals surface area contributed by atoms with Crippen LogP contribution in [-0.4, -0.2) is 16.0 Å². The normalized spacial score (nSPS) is 10.7. The van der Waals surface area contributed by atoms with Crippen molar-refractivity contribution in [3.63, 3.8) is 0 Å². The molecule has 1 aromatic heterocycles. The van der Waals surface area contributed by atoms with Crippen molar-refractivity contribution < 1.29 is 14.3 Å². The van der Waals surface area contributed by atoms with Gasteiger partial charge in [-0.25, -0.2) is 9.37 Å². The molecule has 0 saturated carbocycles. The predicted octanol–water partition coefficient (Wildman–Crippen LogP) is 5.50. The van der Waals surface area contributed by atoms with Crippen LogP contribution in [0.3, 0.4) is 0 Å². The highest BCUT2D eigenvalue weighted by Gasteiger charge is 2.16. The summed E-state index contributed by atoms with van der Waals surface area (Å²) in [6.07, 6.45) is 0.668. The van der Waals surface area contributed by atoms with Crippen LogP contribution in [0.5, 0.6) is 5.75 Å². The molecule has 2 N–H and O–H groups in total. The molecule has 3 aromatic carbocycles. The van der Waals surface area contributed by atoms with Crippen LogP contribution >= 0.6 is 11.3 Å². The van der Waals surface area contributed by atoms with E-state index in [1.165, 1.54) is 35.6 Å². The predicted molar refractivity (Wildman–Crippen MR) is 113 cm³/mol. The zero-order chi connectivity index (χ0) is 20.2. The van der Waals surface area contributed by atoms with Gasteiger partial charge in [0.15, 0.2) is 5.13 Å². The SMILES string of the molecule is O=C(Nc1nc(-c2ccc(O)cc2)c(Cc2ccccc2)s1)c1ccc(F)cc1. The van der Waals surface area contributed by atoms with E-state index < -0.39 is 5.82 Å². The number of carbonyl (C=O) groups excluding carboxylic acids is 1. The van der Waals surface area contributed by atoms with Gasteiger partial charge in [-0.1, -0.05) is 30.3 Å². The lowest BCUT2D eigenvalue weighted by molar-refractivity contribution is 0.102. The number of phenolic OH excluding ortho intramolecular Hbond substituents is 1. The summed E-state index contributed by atoms with van der Waals surface area (Å²) in [6.45, 7) is 0. The average molecular weight is 404 g/mol. The number of benzene rings is 3. The summed E-state index contributed by atoms with van der Waals surface area (Å²) in [4.78, 5) is 18.1. The highest BCUT2D eigenvalue weighted by Crippen LogP contribution is 2.34. The summed E-state index contributed by atoms with van der Waals surface area (Å²) in [6, 6.07) is 22.2. The summed E-state index contributed by atoms with van der Waals surface area (Å²) in [5.41, 5.74) is 3.10. The third-order valence-electron chi connectivity index (χ3n) is 4.37. The number of carbonyl (C=O) groups is 1. The maximum atomic E-state index is 13.1. The molecule has 0 unspecified atom stereocenters. The second-order valence-corrected chi connectivity index (χ2v) is 7.54. The molecule has 0 spiro atoms. The monoisotopic (exact) mass is 404 g/mol. The van der Waals surface area contributed by atoms with Crippen molar-refractivity contribution in [1.29, 1.82) is 0 Å². The minimum atomic E-state index is -0.393. The summed E-state index contributed by atoms with van der Waals surface area (Å²) in [5, 5.41) is 12.8. The van der Waals surface area contributed by atoms with Gasteiger partial charge in [-0.3, -0.25) is 10.1 Å². The molecule has 4 aromatic rings. The average Bonchev–Trinajstić information content (AvgIpc) is 3.11. The van der Waals surface area contributed by atoms with Crippen LogP contribution in [0.25, 0.3) is 11.3 Å². The Labute approximate surface area is 171 Å². The molecule has 0 atom stereocenters. The van der Waals surface area contributed by atoms with Crippen LogP contribution in [-0.2, 0) is 6.42 Å². The number of aromatic hydroxyl groups is 1. The van der Waals surface area contributed by atoms with Crippen LogP contribution in [0.4, 0.5) is 9.52 Å². The van der Waals surface area contributed by atoms with Crippen molar-refractivity contribution in [2.45, 2.75) is 6.42 Å². The molecule has 4 rings (SSSR count). The highest BCUT2D eigenvalue weighted by atomic mass is 32.1. The first-order valence-corrected chi connectivity index (χ1v) is 9.80. The van der Waals surface area contributed by atoms with Crippen molar-refractivity contribution in [2.75, 3.05) is 5.32 Å². The van der Waals surface area contributed by atoms with Gasteiger partial charge in [-0.15, -0.1) is 11.3 Å². The summed E-state index contributed by atoms with van der Waals surface area (Å²) >= 11 is 1.40. The first kappa shape index (κ1) is 18.8. The van der Waals surface area contributed by atoms with Gasteiger partial charge < -0.3 is 5.11 Å². The molecule has 1 amide bonds. The zero-order valence-corrected chi connectivity index (χ0v) is 16.1. The number of thiazole rings is 1. The molecule has 0 aliphatic carbocycles. The Bertz CT molecular complexity index is 1120. The lowest BCUT2D eigenvalue weighted by Crippen LogP contribution is -2.11. The number of anilines is 1. The number of nitrogens with zero attached hydrogens (tertiary/aromatic N) is 1. The minimum absolute atomic E-state index is 0.179. The van der Waals surface area contributed by atoms with Gasteiger partial charge in [0.25, 0.3) is 5.91 Å². The van der Waals surface area contributed by atoms with E-state index in [0.29, 0.717) is 17.1 Å². The van der Waals surface area contributed by atoms with E-state index in [1.807, 2.05) is 30.3 Å². The van der Waals surface area contributed by atoms with E-state index in [0.717, 1.165) is 21.7 Å². The highest BCUT2D eigenvalue weighted by molar-refractivity contribution is 7.16. The Balaban J connectivity index is 1.65. The third-order valence-corrected chi connectivity index (χ3v) is 5.34. The maximum Gasteiger partial charge on any atom is 0.257 e. The van der Waals surface area contributed by atoms with Gasteiger partial charge in [0.2, 0.25) is 0 Å². The van der Waals surface area contributed by atoms with E-state index >= 15 is 0 Å². The topological polar surface area (TPSA) is 62.2 Å². The molecule has 144 valence electrons. The van der Waals surface area contributed by atoms with Crippen LogP contribution in [0.1, 0.15) is 20.8 Å². The second-order valence-electron chi connectivity index (χ2n) is 6.46. The number of amides is 1. The number of rotatable bonds is 5. The molecule has 0 saturated heterocycles. The van der Waals surface area contributed by atoms with E-state index in [-0.39, 0.29) is 11.7 Å². The molecule has 0 aliphatic rings. The zero-order valence-electron chi connectivity index (χ0n) is 15.3. The molecular weight excluding hydrogens is 387 g/mol. The third kappa shape index (κ3) is 4.50. The lowest BCUT2D eigenvalue weighted by Gasteiger charge is -2.03. The Morgan fingerprint density at radius 3 is 2.34 bits per heavy atom. The summed E-state index contributed by atoms with van der Waals surface area (Å²) < 4.78 is 13.1. The number of nitrogens with one attached hydrogen (secondary N) is 1. The summed E-state index contributed by atoms with van der Waals surface area (Å²) in [5.74, 6) is -0.559. The molecule has 6 heteroatoms. The van der Waals surface area contributed by atoms with E-state index in [9.17, 15) is 14.3 Å². The van der Waals surface area contributed by atoms with Crippen molar-refractivity contribution in [3.8, 4) is 17.0 Å². The number of halogens is 1. The van der Waals surface area contributed by atoms with Crippen LogP contribution < -0.4 is 5.32 Å². The number of hydrogen-bond acceptors (Lipinski definition) is 4. The first-order chi connectivity index (χ1) is 14.1. The van der Waals surface area contributed by atoms with Crippen molar-refractivity contribution in [1.82, 2.24) is 4.98 Å². The van der Waals surface area contributed by atoms with Crippen molar-refractivity contribution in [2.24, 2.45) is 0 Å². The molecule has 1 heterocycles. The molecule has 29 heavy (non-hydrogen) atoms. The maximum absolute atomic E-state index is 13.1. The van der Waals surface area contributed by atoms with Gasteiger partial charge in [-0.05, 0) is 54.1 Å². The van der Waals surface area contributed by atoms with E-state index in [1.54, 1.807) is 24.3 Å². The van der Waals surface area contributed by atoms with Gasteiger partial charge >= 0.3 is 0 Å². The van der Waals surface area contributed by atoms with Crippen LogP contribution in [0, 0.1) is 5.82 Å². The van der Waals surface area contributed by atoms with Crippen LogP contribution in [0.15, 0.2) is 78.9 Å². The molecule has 0 aliphatic heterocycles. The fourth-order valence-corrected chi connectivity index (χ4v) is 3.93. The Hall–Kier alpha value is -3.51. The Morgan fingerprint density at radius 2 is 1.66 bits per heavy atom. The Morgan fingerprint density at radius 1 is 0.966 bits per heavy atom. The standard InChI is InChI=1S/C23H17FN2O2S/c24-18-10-6-17(7-11-18)22(28)26-23-25-21(16-8-12-19(27)13-9-16)20(29-23)14-15-4-2-1-3-5-15/h1-13,27H,14H2,(H,25,26,28). The van der Waals surface area contributed by atoms with Crippen molar-refractivity contribution >= 4 is 22.4 Å². The van der Waals surface area contributed by atoms with Gasteiger partial charge in [-0.2, -0.15) is 0 Å². The number of hydrogen-bond donors (Lipinski definition) is 2. The second kappa shape index (κ2) is 8.24. The number of aromatic nitrogens is 1. The van der Waals surface area contributed by atoms with E-state index in [2.05, 4.69) is 10.3 Å². The van der Waals surface area contributed by atoms with Crippen LogP contribution in [0.2, 0.25) is 0 Å². The van der Waals surface area contributed by atoms with E-state index in [4.69, 9.17) is 0 Å². The molecular formula is C23H17FN2O2S. The number of phenols is 1. The van der Waals surface area contributed by atoms with Gasteiger partial charge in [0.1, 0.15) is 11.6 Å².